The van der Waals surface area contributed by atoms with E-state index in [9.17, 15) is 14.7 Å². The summed E-state index contributed by atoms with van der Waals surface area (Å²) in [5.74, 6) is -0.0974. The number of β-amino-alcohol motifs (C(OH)–C–C–N with tert-alkyl or cyclic N) is 1. The second-order valence-electron chi connectivity index (χ2n) is 8.27. The van der Waals surface area contributed by atoms with Gasteiger partial charge in [0.25, 0.3) is 0 Å². The molecule has 31 heavy (non-hydrogen) atoms. The minimum Gasteiger partial charge on any atom is -0.392 e. The first-order valence-corrected chi connectivity index (χ1v) is 11.8. The molecule has 2 heterocycles. The first kappa shape index (κ1) is 24.1. The SMILES string of the molecule is O=C(/C=C/c1ccc(Cl)c(Cl)c1)N1CCC(=O)N(CCC(O)CN2CCCCC2)CC1. The van der Waals surface area contributed by atoms with Gasteiger partial charge in [0.1, 0.15) is 0 Å². The number of halogens is 2. The van der Waals surface area contributed by atoms with Crippen LogP contribution >= 0.6 is 23.2 Å². The summed E-state index contributed by atoms with van der Waals surface area (Å²) < 4.78 is 0. The van der Waals surface area contributed by atoms with E-state index >= 15 is 0 Å². The molecule has 0 aromatic heterocycles. The number of hydrogen-bond donors (Lipinski definition) is 1. The van der Waals surface area contributed by atoms with Crippen molar-refractivity contribution in [2.24, 2.45) is 0 Å². The molecule has 0 bridgehead atoms. The third-order valence-electron chi connectivity index (χ3n) is 5.91. The molecule has 2 amide bonds. The highest BCUT2D eigenvalue weighted by atomic mass is 35.5. The number of carbonyl (C=O) groups excluding carboxylic acids is 2. The average molecular weight is 468 g/mol. The normalized spacial score (nSPS) is 19.6. The molecule has 1 unspecified atom stereocenters. The standard InChI is InChI=1S/C23H31Cl2N3O3/c24-20-6-4-18(16-21(20)25)5-7-22(30)28-13-9-23(31)27(14-15-28)12-8-19(29)17-26-10-2-1-3-11-26/h4-7,16,19,29H,1-3,8-15,17H2/b7-5+. The topological polar surface area (TPSA) is 64.1 Å². The van der Waals surface area contributed by atoms with Crippen LogP contribution in [0.1, 0.15) is 37.7 Å². The van der Waals surface area contributed by atoms with Crippen LogP contribution in [0.5, 0.6) is 0 Å². The monoisotopic (exact) mass is 467 g/mol. The van der Waals surface area contributed by atoms with E-state index < -0.39 is 6.10 Å². The van der Waals surface area contributed by atoms with E-state index in [0.29, 0.717) is 55.6 Å². The van der Waals surface area contributed by atoms with Crippen molar-refractivity contribution in [1.82, 2.24) is 14.7 Å². The van der Waals surface area contributed by atoms with Gasteiger partial charge in [-0.3, -0.25) is 9.59 Å². The number of rotatable bonds is 7. The fourth-order valence-electron chi connectivity index (χ4n) is 4.05. The van der Waals surface area contributed by atoms with Crippen LogP contribution in [-0.2, 0) is 9.59 Å². The quantitative estimate of drug-likeness (QED) is 0.624. The molecule has 1 aromatic rings. The predicted octanol–water partition coefficient (Wildman–Crippen LogP) is 3.30. The number of aliphatic hydroxyl groups excluding tert-OH is 1. The first-order valence-electron chi connectivity index (χ1n) is 11.0. The summed E-state index contributed by atoms with van der Waals surface area (Å²) in [7, 11) is 0. The van der Waals surface area contributed by atoms with E-state index in [1.165, 1.54) is 25.3 Å². The fraction of sp³-hybridized carbons (Fsp3) is 0.565. The van der Waals surface area contributed by atoms with Crippen LogP contribution in [0, 0.1) is 0 Å². The molecule has 1 N–H and O–H groups in total. The van der Waals surface area contributed by atoms with Crippen LogP contribution < -0.4 is 0 Å². The van der Waals surface area contributed by atoms with Crippen molar-refractivity contribution in [3.05, 3.63) is 39.9 Å². The maximum Gasteiger partial charge on any atom is 0.246 e. The van der Waals surface area contributed by atoms with Crippen LogP contribution in [0.15, 0.2) is 24.3 Å². The Morgan fingerprint density at radius 1 is 1.06 bits per heavy atom. The summed E-state index contributed by atoms with van der Waals surface area (Å²) in [5, 5.41) is 11.3. The number of benzene rings is 1. The number of nitrogens with zero attached hydrogens (tertiary/aromatic N) is 3. The fourth-order valence-corrected chi connectivity index (χ4v) is 4.36. The number of aliphatic hydroxyl groups is 1. The minimum atomic E-state index is -0.430. The predicted molar refractivity (Wildman–Crippen MR) is 124 cm³/mol. The van der Waals surface area contributed by atoms with Crippen LogP contribution in [0.25, 0.3) is 6.08 Å². The first-order chi connectivity index (χ1) is 14.9. The second kappa shape index (κ2) is 11.9. The average Bonchev–Trinajstić information content (AvgIpc) is 2.95. The molecule has 0 aliphatic carbocycles. The Hall–Kier alpha value is -1.60. The lowest BCUT2D eigenvalue weighted by Gasteiger charge is -2.29. The Labute approximate surface area is 194 Å². The van der Waals surface area contributed by atoms with Gasteiger partial charge in [-0.2, -0.15) is 0 Å². The Kier molecular flexibility index (Phi) is 9.20. The molecule has 2 saturated heterocycles. The van der Waals surface area contributed by atoms with Crippen molar-refractivity contribution in [3.63, 3.8) is 0 Å². The molecule has 1 atom stereocenters. The summed E-state index contributed by atoms with van der Waals surface area (Å²) in [4.78, 5) is 30.8. The highest BCUT2D eigenvalue weighted by Gasteiger charge is 2.24. The molecule has 2 aliphatic rings. The van der Waals surface area contributed by atoms with Gasteiger partial charge in [-0.25, -0.2) is 0 Å². The van der Waals surface area contributed by atoms with E-state index in [1.807, 2.05) is 0 Å². The van der Waals surface area contributed by atoms with Gasteiger partial charge < -0.3 is 19.8 Å². The summed E-state index contributed by atoms with van der Waals surface area (Å²) in [5.41, 5.74) is 0.790. The zero-order chi connectivity index (χ0) is 22.2. The largest absolute Gasteiger partial charge is 0.392 e. The van der Waals surface area contributed by atoms with Gasteiger partial charge in [-0.05, 0) is 56.1 Å². The third-order valence-corrected chi connectivity index (χ3v) is 6.65. The maximum atomic E-state index is 12.6. The summed E-state index contributed by atoms with van der Waals surface area (Å²) in [6.07, 6.45) is 7.30. The molecule has 1 aromatic carbocycles. The molecule has 8 heteroatoms. The van der Waals surface area contributed by atoms with Gasteiger partial charge >= 0.3 is 0 Å². The molecular weight excluding hydrogens is 437 g/mol. The lowest BCUT2D eigenvalue weighted by molar-refractivity contribution is -0.130. The number of piperidine rings is 1. The lowest BCUT2D eigenvalue weighted by atomic mass is 10.1. The van der Waals surface area contributed by atoms with Gasteiger partial charge in [0.05, 0.1) is 16.1 Å². The van der Waals surface area contributed by atoms with Crippen LogP contribution in [0.3, 0.4) is 0 Å². The van der Waals surface area contributed by atoms with Crippen molar-refractivity contribution in [3.8, 4) is 0 Å². The number of amides is 2. The molecule has 170 valence electrons. The summed E-state index contributed by atoms with van der Waals surface area (Å²) in [6, 6.07) is 5.19. The molecule has 2 aliphatic heterocycles. The van der Waals surface area contributed by atoms with E-state index in [2.05, 4.69) is 4.90 Å². The van der Waals surface area contributed by atoms with Gasteiger partial charge in [0, 0.05) is 45.2 Å². The van der Waals surface area contributed by atoms with Crippen molar-refractivity contribution >= 4 is 41.1 Å². The molecule has 0 saturated carbocycles. The number of carbonyl (C=O) groups is 2. The van der Waals surface area contributed by atoms with Gasteiger partial charge in [0.15, 0.2) is 0 Å². The summed E-state index contributed by atoms with van der Waals surface area (Å²) >= 11 is 11.9. The van der Waals surface area contributed by atoms with Crippen LogP contribution in [0.4, 0.5) is 0 Å². The van der Waals surface area contributed by atoms with Gasteiger partial charge in [0.2, 0.25) is 11.8 Å². The zero-order valence-corrected chi connectivity index (χ0v) is 19.3. The third kappa shape index (κ3) is 7.49. The van der Waals surface area contributed by atoms with Crippen molar-refractivity contribution < 1.29 is 14.7 Å². The number of likely N-dealkylation sites (tertiary alicyclic amines) is 1. The van der Waals surface area contributed by atoms with E-state index in [1.54, 1.807) is 34.1 Å². The van der Waals surface area contributed by atoms with E-state index in [0.717, 1.165) is 18.7 Å². The maximum absolute atomic E-state index is 12.6. The molecular formula is C23H31Cl2N3O3. The molecule has 0 spiro atoms. The molecule has 6 nitrogen and oxygen atoms in total. The Morgan fingerprint density at radius 3 is 2.58 bits per heavy atom. The van der Waals surface area contributed by atoms with E-state index in [4.69, 9.17) is 23.2 Å². The minimum absolute atomic E-state index is 0.0361. The summed E-state index contributed by atoms with van der Waals surface area (Å²) in [6.45, 7) is 4.66. The highest BCUT2D eigenvalue weighted by molar-refractivity contribution is 6.42. The Bertz CT molecular complexity index is 796. The smallest absolute Gasteiger partial charge is 0.246 e. The Balaban J connectivity index is 1.46. The van der Waals surface area contributed by atoms with Crippen molar-refractivity contribution in [2.75, 3.05) is 45.8 Å². The Morgan fingerprint density at radius 2 is 1.84 bits per heavy atom. The van der Waals surface area contributed by atoms with Gasteiger partial charge in [-0.1, -0.05) is 35.7 Å². The molecule has 2 fully saturated rings. The van der Waals surface area contributed by atoms with Crippen molar-refractivity contribution in [1.29, 1.82) is 0 Å². The van der Waals surface area contributed by atoms with Crippen LogP contribution in [-0.4, -0.2) is 83.5 Å². The van der Waals surface area contributed by atoms with E-state index in [-0.39, 0.29) is 11.8 Å². The highest BCUT2D eigenvalue weighted by Crippen LogP contribution is 2.23. The van der Waals surface area contributed by atoms with Gasteiger partial charge in [-0.15, -0.1) is 0 Å². The molecule has 0 radical (unpaired) electrons. The molecule has 3 rings (SSSR count). The van der Waals surface area contributed by atoms with Crippen molar-refractivity contribution in [2.45, 2.75) is 38.2 Å². The zero-order valence-electron chi connectivity index (χ0n) is 17.8. The lowest BCUT2D eigenvalue weighted by Crippen LogP contribution is -2.40. The van der Waals surface area contributed by atoms with Crippen LogP contribution in [0.2, 0.25) is 10.0 Å². The number of hydrogen-bond acceptors (Lipinski definition) is 4. The second-order valence-corrected chi connectivity index (χ2v) is 9.08.